The van der Waals surface area contributed by atoms with E-state index in [1.165, 1.54) is 11.4 Å². The predicted octanol–water partition coefficient (Wildman–Crippen LogP) is 1.57. The van der Waals surface area contributed by atoms with E-state index in [0.29, 0.717) is 19.4 Å². The minimum atomic E-state index is -3.53. The molecule has 5 nitrogen and oxygen atoms in total. The number of carbonyl (C=O) groups excluding carboxylic acids is 1. The highest BCUT2D eigenvalue weighted by Crippen LogP contribution is 2.24. The number of methoxy groups -OCH3 is 1. The normalized spacial score (nSPS) is 20.6. The largest absolute Gasteiger partial charge is 0.469 e. The molecule has 0 radical (unpaired) electrons. The molecule has 1 saturated heterocycles. The number of hydrogen-bond donors (Lipinski definition) is 0. The Morgan fingerprint density at radius 1 is 1.30 bits per heavy atom. The third-order valence-corrected chi connectivity index (χ3v) is 5.46. The lowest BCUT2D eigenvalue weighted by Gasteiger charge is -2.30. The van der Waals surface area contributed by atoms with Crippen LogP contribution in [0.5, 0.6) is 0 Å². The Hall–Kier alpha value is -1.40. The first-order valence-corrected chi connectivity index (χ1v) is 8.04. The van der Waals surface area contributed by atoms with Crippen molar-refractivity contribution in [3.63, 3.8) is 0 Å². The molecular formula is C14H19NO4S. The molecule has 0 bridgehead atoms. The summed E-state index contributed by atoms with van der Waals surface area (Å²) in [7, 11) is -2.20. The number of benzene rings is 1. The lowest BCUT2D eigenvalue weighted by Crippen LogP contribution is -2.42. The minimum absolute atomic E-state index is 0.197. The first-order chi connectivity index (χ1) is 9.45. The lowest BCUT2D eigenvalue weighted by atomic mass is 10.0. The van der Waals surface area contributed by atoms with Crippen LogP contribution in [0.15, 0.2) is 29.2 Å². The highest BCUT2D eigenvalue weighted by molar-refractivity contribution is 7.89. The second-order valence-electron chi connectivity index (χ2n) is 5.04. The van der Waals surface area contributed by atoms with Crippen molar-refractivity contribution in [3.05, 3.63) is 29.8 Å². The van der Waals surface area contributed by atoms with E-state index in [4.69, 9.17) is 4.74 Å². The fourth-order valence-electron chi connectivity index (χ4n) is 2.38. The summed E-state index contributed by atoms with van der Waals surface area (Å²) in [6, 6.07) is 6.75. The topological polar surface area (TPSA) is 63.7 Å². The van der Waals surface area contributed by atoms with E-state index in [0.717, 1.165) is 5.56 Å². The van der Waals surface area contributed by atoms with Crippen LogP contribution in [0.1, 0.15) is 18.4 Å². The molecule has 2 rings (SSSR count). The number of hydrogen-bond acceptors (Lipinski definition) is 4. The molecule has 0 spiro atoms. The molecule has 1 aliphatic heterocycles. The van der Waals surface area contributed by atoms with Crippen molar-refractivity contribution in [2.24, 2.45) is 5.92 Å². The van der Waals surface area contributed by atoms with Crippen molar-refractivity contribution in [3.8, 4) is 0 Å². The SMILES string of the molecule is COC(=O)C1CCCN(S(=O)(=O)c2ccc(C)cc2)C1. The summed E-state index contributed by atoms with van der Waals surface area (Å²) in [6.07, 6.45) is 1.34. The van der Waals surface area contributed by atoms with Crippen LogP contribution < -0.4 is 0 Å². The average molecular weight is 297 g/mol. The van der Waals surface area contributed by atoms with E-state index in [2.05, 4.69) is 0 Å². The molecule has 1 aliphatic rings. The first-order valence-electron chi connectivity index (χ1n) is 6.60. The molecule has 1 atom stereocenters. The van der Waals surface area contributed by atoms with Crippen molar-refractivity contribution in [2.75, 3.05) is 20.2 Å². The fraction of sp³-hybridized carbons (Fsp3) is 0.500. The number of ether oxygens (including phenoxy) is 1. The van der Waals surface area contributed by atoms with E-state index < -0.39 is 10.0 Å². The third kappa shape index (κ3) is 3.02. The van der Waals surface area contributed by atoms with Gasteiger partial charge in [0.05, 0.1) is 17.9 Å². The number of sulfonamides is 1. The van der Waals surface area contributed by atoms with Crippen LogP contribution in [0, 0.1) is 12.8 Å². The number of aryl methyl sites for hydroxylation is 1. The smallest absolute Gasteiger partial charge is 0.309 e. The van der Waals surface area contributed by atoms with Crippen LogP contribution >= 0.6 is 0 Å². The van der Waals surface area contributed by atoms with Crippen molar-refractivity contribution in [1.29, 1.82) is 0 Å². The number of nitrogens with zero attached hydrogens (tertiary/aromatic N) is 1. The maximum atomic E-state index is 12.5. The van der Waals surface area contributed by atoms with Gasteiger partial charge in [-0.2, -0.15) is 4.31 Å². The zero-order chi connectivity index (χ0) is 14.8. The zero-order valence-corrected chi connectivity index (χ0v) is 12.5. The van der Waals surface area contributed by atoms with Gasteiger partial charge >= 0.3 is 5.97 Å². The van der Waals surface area contributed by atoms with Gasteiger partial charge in [-0.05, 0) is 31.9 Å². The quantitative estimate of drug-likeness (QED) is 0.794. The van der Waals surface area contributed by atoms with Gasteiger partial charge in [0.15, 0.2) is 0 Å². The van der Waals surface area contributed by atoms with Crippen molar-refractivity contribution < 1.29 is 17.9 Å². The number of rotatable bonds is 3. The van der Waals surface area contributed by atoms with Gasteiger partial charge in [0, 0.05) is 13.1 Å². The summed E-state index contributed by atoms with van der Waals surface area (Å²) in [6.45, 7) is 2.55. The Bertz CT molecular complexity index is 580. The predicted molar refractivity (Wildman–Crippen MR) is 74.7 cm³/mol. The second kappa shape index (κ2) is 5.93. The highest BCUT2D eigenvalue weighted by atomic mass is 32.2. The zero-order valence-electron chi connectivity index (χ0n) is 11.7. The Labute approximate surface area is 119 Å². The minimum Gasteiger partial charge on any atom is -0.469 e. The summed E-state index contributed by atoms with van der Waals surface area (Å²) in [5.41, 5.74) is 1.01. The third-order valence-electron chi connectivity index (χ3n) is 3.58. The Morgan fingerprint density at radius 2 is 1.95 bits per heavy atom. The van der Waals surface area contributed by atoms with E-state index >= 15 is 0 Å². The molecule has 0 aliphatic carbocycles. The molecule has 0 amide bonds. The van der Waals surface area contributed by atoms with Gasteiger partial charge in [0.1, 0.15) is 0 Å². The van der Waals surface area contributed by atoms with E-state index in [1.807, 2.05) is 6.92 Å². The van der Waals surface area contributed by atoms with E-state index in [9.17, 15) is 13.2 Å². The molecule has 0 aromatic heterocycles. The molecule has 1 heterocycles. The summed E-state index contributed by atoms with van der Waals surface area (Å²) in [5.74, 6) is -0.706. The Kier molecular flexibility index (Phi) is 4.45. The first kappa shape index (κ1) is 15.0. The number of carbonyl (C=O) groups is 1. The van der Waals surface area contributed by atoms with Crippen LogP contribution in [0.2, 0.25) is 0 Å². The molecule has 0 saturated carbocycles. The maximum absolute atomic E-state index is 12.5. The van der Waals surface area contributed by atoms with Crippen molar-refractivity contribution in [2.45, 2.75) is 24.7 Å². The Balaban J connectivity index is 2.21. The molecular weight excluding hydrogens is 278 g/mol. The van der Waals surface area contributed by atoms with Crippen molar-refractivity contribution in [1.82, 2.24) is 4.31 Å². The summed E-state index contributed by atoms with van der Waals surface area (Å²) in [5, 5.41) is 0. The summed E-state index contributed by atoms with van der Waals surface area (Å²) >= 11 is 0. The van der Waals surface area contributed by atoms with Crippen LogP contribution in [0.3, 0.4) is 0 Å². The van der Waals surface area contributed by atoms with Crippen LogP contribution in [0.25, 0.3) is 0 Å². The molecule has 0 N–H and O–H groups in total. The molecule has 1 aromatic carbocycles. The summed E-state index contributed by atoms with van der Waals surface area (Å²) < 4.78 is 31.1. The molecule has 6 heteroatoms. The van der Waals surface area contributed by atoms with Crippen molar-refractivity contribution >= 4 is 16.0 Å². The van der Waals surface area contributed by atoms with Gasteiger partial charge < -0.3 is 4.74 Å². The van der Waals surface area contributed by atoms with Crippen LogP contribution in [-0.4, -0.2) is 38.9 Å². The van der Waals surface area contributed by atoms with Crippen LogP contribution in [-0.2, 0) is 19.6 Å². The van der Waals surface area contributed by atoms with Crippen LogP contribution in [0.4, 0.5) is 0 Å². The number of esters is 1. The van der Waals surface area contributed by atoms with E-state index in [-0.39, 0.29) is 23.3 Å². The standard InChI is InChI=1S/C14H19NO4S/c1-11-5-7-13(8-6-11)20(17,18)15-9-3-4-12(10-15)14(16)19-2/h5-8,12H,3-4,9-10H2,1-2H3. The van der Waals surface area contributed by atoms with Gasteiger partial charge in [-0.3, -0.25) is 4.79 Å². The molecule has 1 fully saturated rings. The molecule has 1 unspecified atom stereocenters. The number of piperidine rings is 1. The Morgan fingerprint density at radius 3 is 2.55 bits per heavy atom. The highest BCUT2D eigenvalue weighted by Gasteiger charge is 2.33. The van der Waals surface area contributed by atoms with Gasteiger partial charge in [0.2, 0.25) is 10.0 Å². The fourth-order valence-corrected chi connectivity index (χ4v) is 3.90. The molecule has 110 valence electrons. The van der Waals surface area contributed by atoms with Gasteiger partial charge in [-0.25, -0.2) is 8.42 Å². The lowest BCUT2D eigenvalue weighted by molar-refractivity contribution is -0.146. The second-order valence-corrected chi connectivity index (χ2v) is 6.98. The average Bonchev–Trinajstić information content (AvgIpc) is 2.47. The van der Waals surface area contributed by atoms with E-state index in [1.54, 1.807) is 24.3 Å². The maximum Gasteiger partial charge on any atom is 0.309 e. The van der Waals surface area contributed by atoms with Gasteiger partial charge in [-0.1, -0.05) is 17.7 Å². The monoisotopic (exact) mass is 297 g/mol. The van der Waals surface area contributed by atoms with Gasteiger partial charge in [-0.15, -0.1) is 0 Å². The van der Waals surface area contributed by atoms with Gasteiger partial charge in [0.25, 0.3) is 0 Å². The molecule has 1 aromatic rings. The molecule has 20 heavy (non-hydrogen) atoms. The summed E-state index contributed by atoms with van der Waals surface area (Å²) in [4.78, 5) is 11.8.